The van der Waals surface area contributed by atoms with Crippen LogP contribution in [0.4, 0.5) is 4.79 Å². The third-order valence-corrected chi connectivity index (χ3v) is 3.31. The number of aliphatic imine (C=N–C) groups is 1. The second-order valence-corrected chi connectivity index (χ2v) is 6.85. The van der Waals surface area contributed by atoms with Gasteiger partial charge in [0.15, 0.2) is 5.96 Å². The largest absolute Gasteiger partial charge is 0.496 e. The quantitative estimate of drug-likeness (QED) is 0.393. The number of rotatable bonds is 7. The Balaban J connectivity index is 2.48. The summed E-state index contributed by atoms with van der Waals surface area (Å²) in [5.41, 5.74) is 1.69. The highest BCUT2D eigenvalue weighted by Gasteiger charge is 2.15. The number of alkyl carbamates (subject to hydrolysis) is 1. The molecule has 1 aromatic carbocycles. The molecule has 3 N–H and O–H groups in total. The molecule has 1 rings (SSSR count). The van der Waals surface area contributed by atoms with Crippen LogP contribution in [0.2, 0.25) is 0 Å². The zero-order valence-electron chi connectivity index (χ0n) is 16.7. The minimum absolute atomic E-state index is 0.421. The summed E-state index contributed by atoms with van der Waals surface area (Å²) in [5, 5.41) is 9.09. The number of methoxy groups -OCH3 is 1. The highest BCUT2D eigenvalue weighted by molar-refractivity contribution is 5.79. The molecule has 0 aliphatic carbocycles. The number of carbonyl (C=O) groups is 1. The lowest BCUT2D eigenvalue weighted by Gasteiger charge is -2.19. The van der Waals surface area contributed by atoms with Gasteiger partial charge in [0.25, 0.3) is 0 Å². The Hall–Kier alpha value is -2.44. The van der Waals surface area contributed by atoms with Crippen molar-refractivity contribution in [1.29, 1.82) is 0 Å². The number of hydrogen-bond acceptors (Lipinski definition) is 4. The van der Waals surface area contributed by atoms with E-state index in [-0.39, 0.29) is 0 Å². The summed E-state index contributed by atoms with van der Waals surface area (Å²) >= 11 is 0. The van der Waals surface area contributed by atoms with E-state index in [4.69, 9.17) is 9.47 Å². The van der Waals surface area contributed by atoms with Crippen LogP contribution in [0.5, 0.6) is 5.75 Å². The van der Waals surface area contributed by atoms with Crippen molar-refractivity contribution in [2.45, 2.75) is 46.8 Å². The van der Waals surface area contributed by atoms with Crippen LogP contribution in [0.3, 0.4) is 0 Å². The number of guanidine groups is 1. The van der Waals surface area contributed by atoms with E-state index in [0.29, 0.717) is 25.6 Å². The van der Waals surface area contributed by atoms with E-state index in [1.54, 1.807) is 7.11 Å². The van der Waals surface area contributed by atoms with Crippen LogP contribution in [-0.2, 0) is 11.3 Å². The summed E-state index contributed by atoms with van der Waals surface area (Å²) in [6.45, 7) is 11.8. The Morgan fingerprint density at radius 3 is 2.42 bits per heavy atom. The number of nitrogens with zero attached hydrogens (tertiary/aromatic N) is 1. The molecule has 1 amide bonds. The molecule has 0 aliphatic rings. The molecule has 0 fully saturated rings. The molecule has 0 radical (unpaired) electrons. The molecule has 0 saturated heterocycles. The SMILES string of the molecule is CCNC(=NCc1ccc(OC)c(C)c1)NCCNC(=O)OC(C)(C)C. The number of hydrogen-bond donors (Lipinski definition) is 3. The fourth-order valence-corrected chi connectivity index (χ4v) is 2.21. The molecule has 7 heteroatoms. The number of ether oxygens (including phenoxy) is 2. The fourth-order valence-electron chi connectivity index (χ4n) is 2.21. The zero-order chi connectivity index (χ0) is 19.6. The number of benzene rings is 1. The van der Waals surface area contributed by atoms with Crippen molar-refractivity contribution in [1.82, 2.24) is 16.0 Å². The molecule has 26 heavy (non-hydrogen) atoms. The van der Waals surface area contributed by atoms with Crippen LogP contribution in [0.15, 0.2) is 23.2 Å². The van der Waals surface area contributed by atoms with Gasteiger partial charge in [0.05, 0.1) is 13.7 Å². The molecular formula is C19H32N4O3. The van der Waals surface area contributed by atoms with Gasteiger partial charge in [-0.1, -0.05) is 12.1 Å². The van der Waals surface area contributed by atoms with Crippen LogP contribution < -0.4 is 20.7 Å². The maximum atomic E-state index is 11.6. The van der Waals surface area contributed by atoms with E-state index in [1.165, 1.54) is 0 Å². The highest BCUT2D eigenvalue weighted by Crippen LogP contribution is 2.18. The maximum Gasteiger partial charge on any atom is 0.407 e. The van der Waals surface area contributed by atoms with E-state index in [9.17, 15) is 4.79 Å². The van der Waals surface area contributed by atoms with Crippen LogP contribution in [0.1, 0.15) is 38.8 Å². The first-order chi connectivity index (χ1) is 12.2. The third-order valence-electron chi connectivity index (χ3n) is 3.31. The van der Waals surface area contributed by atoms with Gasteiger partial charge in [0.2, 0.25) is 0 Å². The summed E-state index contributed by atoms with van der Waals surface area (Å²) in [6, 6.07) is 6.02. The number of aryl methyl sites for hydroxylation is 1. The minimum Gasteiger partial charge on any atom is -0.496 e. The molecule has 0 aliphatic heterocycles. The molecule has 0 unspecified atom stereocenters. The molecule has 0 spiro atoms. The molecule has 0 heterocycles. The smallest absolute Gasteiger partial charge is 0.407 e. The maximum absolute atomic E-state index is 11.6. The molecule has 0 atom stereocenters. The first kappa shape index (κ1) is 21.6. The Morgan fingerprint density at radius 2 is 1.85 bits per heavy atom. The molecule has 1 aromatic rings. The Morgan fingerprint density at radius 1 is 1.15 bits per heavy atom. The standard InChI is InChI=1S/C19H32N4O3/c1-7-20-17(21-10-11-22-18(24)26-19(3,4)5)23-13-15-8-9-16(25-6)14(2)12-15/h8-9,12H,7,10-11,13H2,1-6H3,(H,22,24)(H2,20,21,23). The van der Waals surface area contributed by atoms with E-state index in [2.05, 4.69) is 27.0 Å². The highest BCUT2D eigenvalue weighted by atomic mass is 16.6. The van der Waals surface area contributed by atoms with E-state index < -0.39 is 11.7 Å². The van der Waals surface area contributed by atoms with Crippen LogP contribution in [-0.4, -0.2) is 44.4 Å². The zero-order valence-corrected chi connectivity index (χ0v) is 16.7. The van der Waals surface area contributed by atoms with Crippen molar-refractivity contribution in [3.05, 3.63) is 29.3 Å². The van der Waals surface area contributed by atoms with Gasteiger partial charge in [0.1, 0.15) is 11.4 Å². The van der Waals surface area contributed by atoms with Crippen molar-refractivity contribution < 1.29 is 14.3 Å². The van der Waals surface area contributed by atoms with Crippen molar-refractivity contribution in [2.24, 2.45) is 4.99 Å². The van der Waals surface area contributed by atoms with Crippen LogP contribution >= 0.6 is 0 Å². The van der Waals surface area contributed by atoms with E-state index in [0.717, 1.165) is 23.4 Å². The minimum atomic E-state index is -0.496. The third kappa shape index (κ3) is 8.60. The van der Waals surface area contributed by atoms with Gasteiger partial charge in [-0.2, -0.15) is 0 Å². The second-order valence-electron chi connectivity index (χ2n) is 6.85. The van der Waals surface area contributed by atoms with Gasteiger partial charge < -0.3 is 25.4 Å². The summed E-state index contributed by atoms with van der Waals surface area (Å²) < 4.78 is 10.5. The summed E-state index contributed by atoms with van der Waals surface area (Å²) in [6.07, 6.45) is -0.421. The normalized spacial score (nSPS) is 11.7. The van der Waals surface area contributed by atoms with Gasteiger partial charge in [-0.25, -0.2) is 9.79 Å². The Kier molecular flexibility index (Phi) is 8.75. The van der Waals surface area contributed by atoms with Crippen molar-refractivity contribution in [2.75, 3.05) is 26.7 Å². The lowest BCUT2D eigenvalue weighted by atomic mass is 10.1. The van der Waals surface area contributed by atoms with Crippen LogP contribution in [0.25, 0.3) is 0 Å². The van der Waals surface area contributed by atoms with Gasteiger partial charge in [0, 0.05) is 19.6 Å². The molecule has 0 saturated carbocycles. The van der Waals surface area contributed by atoms with Gasteiger partial charge in [-0.3, -0.25) is 0 Å². The number of nitrogens with one attached hydrogen (secondary N) is 3. The average Bonchev–Trinajstić information content (AvgIpc) is 2.55. The topological polar surface area (TPSA) is 84.0 Å². The Bertz CT molecular complexity index is 609. The van der Waals surface area contributed by atoms with Crippen molar-refractivity contribution in [3.8, 4) is 5.75 Å². The summed E-state index contributed by atoms with van der Waals surface area (Å²) in [4.78, 5) is 16.2. The molecule has 0 aromatic heterocycles. The van der Waals surface area contributed by atoms with Crippen LogP contribution in [0, 0.1) is 6.92 Å². The monoisotopic (exact) mass is 364 g/mol. The first-order valence-corrected chi connectivity index (χ1v) is 8.87. The van der Waals surface area contributed by atoms with Gasteiger partial charge in [-0.15, -0.1) is 0 Å². The van der Waals surface area contributed by atoms with E-state index >= 15 is 0 Å². The Labute approximate surface area is 156 Å². The molecule has 7 nitrogen and oxygen atoms in total. The molecular weight excluding hydrogens is 332 g/mol. The number of carbonyl (C=O) groups excluding carboxylic acids is 1. The average molecular weight is 364 g/mol. The fraction of sp³-hybridized carbons (Fsp3) is 0.579. The molecule has 0 bridgehead atoms. The molecule has 146 valence electrons. The predicted molar refractivity (Wildman–Crippen MR) is 105 cm³/mol. The lowest BCUT2D eigenvalue weighted by Crippen LogP contribution is -2.42. The van der Waals surface area contributed by atoms with Crippen molar-refractivity contribution in [3.63, 3.8) is 0 Å². The van der Waals surface area contributed by atoms with Gasteiger partial charge in [-0.05, 0) is 51.8 Å². The van der Waals surface area contributed by atoms with Crippen molar-refractivity contribution >= 4 is 12.1 Å². The summed E-state index contributed by atoms with van der Waals surface area (Å²) in [5.74, 6) is 1.57. The number of amides is 1. The van der Waals surface area contributed by atoms with E-state index in [1.807, 2.05) is 46.8 Å². The predicted octanol–water partition coefficient (Wildman–Crippen LogP) is 2.58. The first-order valence-electron chi connectivity index (χ1n) is 8.87. The van der Waals surface area contributed by atoms with Gasteiger partial charge >= 0.3 is 6.09 Å². The second kappa shape index (κ2) is 10.5. The summed E-state index contributed by atoms with van der Waals surface area (Å²) in [7, 11) is 1.67. The lowest BCUT2D eigenvalue weighted by molar-refractivity contribution is 0.0529.